The quantitative estimate of drug-likeness (QED) is 0.713. The number of fused-ring (bicyclic) bond motifs is 5. The summed E-state index contributed by atoms with van der Waals surface area (Å²) < 4.78 is 5.44. The van der Waals surface area contributed by atoms with Crippen LogP contribution in [-0.2, 0) is 4.79 Å². The first-order valence-electron chi connectivity index (χ1n) is 11.4. The zero-order valence-electron chi connectivity index (χ0n) is 18.3. The lowest BCUT2D eigenvalue weighted by Gasteiger charge is -2.57. The number of nitrogens with zero attached hydrogens (tertiary/aromatic N) is 2. The van der Waals surface area contributed by atoms with Gasteiger partial charge in [0, 0.05) is 25.7 Å². The van der Waals surface area contributed by atoms with Crippen LogP contribution >= 0.6 is 0 Å². The third kappa shape index (κ3) is 2.63. The minimum Gasteiger partial charge on any atom is -0.495 e. The monoisotopic (exact) mass is 394 g/mol. The minimum absolute atomic E-state index is 0.233. The summed E-state index contributed by atoms with van der Waals surface area (Å²) in [6.45, 7) is 7.71. The topological polar surface area (TPSA) is 42.4 Å². The lowest BCUT2D eigenvalue weighted by atomic mass is 9.48. The van der Waals surface area contributed by atoms with Gasteiger partial charge < -0.3 is 9.64 Å². The molecule has 6 unspecified atom stereocenters. The van der Waals surface area contributed by atoms with Gasteiger partial charge in [-0.25, -0.2) is 0 Å². The van der Waals surface area contributed by atoms with Crippen LogP contribution in [0.5, 0.6) is 5.75 Å². The summed E-state index contributed by atoms with van der Waals surface area (Å²) >= 11 is 0. The molecule has 1 aromatic rings. The average molecular weight is 395 g/mol. The first-order chi connectivity index (χ1) is 13.9. The molecule has 156 valence electrons. The highest BCUT2D eigenvalue weighted by molar-refractivity contribution is 5.74. The largest absolute Gasteiger partial charge is 0.495 e. The molecule has 0 aromatic carbocycles. The van der Waals surface area contributed by atoms with Crippen LogP contribution in [0, 0.1) is 28.6 Å². The second-order valence-electron chi connectivity index (χ2n) is 10.4. The molecule has 1 amide bonds. The molecule has 1 aromatic heterocycles. The standard InChI is InChI=1S/C25H34N2O2/c1-16(28)27-12-11-25(3)22-9-10-24(2)20(17-13-18(29-4)15-26-14-17)6-7-21(24)19(22)5-8-23(25)27/h6,13-15,19,21-23H,5,7-12H2,1-4H3. The second kappa shape index (κ2) is 6.58. The molecule has 4 aliphatic rings. The van der Waals surface area contributed by atoms with Gasteiger partial charge in [-0.15, -0.1) is 0 Å². The molecule has 29 heavy (non-hydrogen) atoms. The number of carbonyl (C=O) groups is 1. The summed E-state index contributed by atoms with van der Waals surface area (Å²) in [6.07, 6.45) is 13.6. The van der Waals surface area contributed by atoms with E-state index in [2.05, 4.69) is 35.9 Å². The van der Waals surface area contributed by atoms with Crippen LogP contribution in [0.2, 0.25) is 0 Å². The molecule has 0 radical (unpaired) electrons. The Morgan fingerprint density at radius 3 is 2.76 bits per heavy atom. The number of methoxy groups -OCH3 is 1. The molecule has 6 atom stereocenters. The smallest absolute Gasteiger partial charge is 0.219 e. The van der Waals surface area contributed by atoms with Crippen LogP contribution in [0.4, 0.5) is 0 Å². The van der Waals surface area contributed by atoms with E-state index in [9.17, 15) is 4.79 Å². The first-order valence-corrected chi connectivity index (χ1v) is 11.4. The van der Waals surface area contributed by atoms with E-state index in [1.165, 1.54) is 49.7 Å². The fourth-order valence-electron chi connectivity index (χ4n) is 7.89. The Morgan fingerprint density at radius 2 is 2.00 bits per heavy atom. The van der Waals surface area contributed by atoms with Gasteiger partial charge in [-0.3, -0.25) is 9.78 Å². The van der Waals surface area contributed by atoms with Gasteiger partial charge >= 0.3 is 0 Å². The van der Waals surface area contributed by atoms with E-state index in [1.54, 1.807) is 20.2 Å². The summed E-state index contributed by atoms with van der Waals surface area (Å²) in [4.78, 5) is 18.8. The van der Waals surface area contributed by atoms with E-state index in [4.69, 9.17) is 4.74 Å². The van der Waals surface area contributed by atoms with E-state index in [1.807, 2.05) is 6.20 Å². The molecule has 0 bridgehead atoms. The summed E-state index contributed by atoms with van der Waals surface area (Å²) in [5, 5.41) is 0. The zero-order chi connectivity index (χ0) is 20.4. The summed E-state index contributed by atoms with van der Waals surface area (Å²) in [5.74, 6) is 3.35. The fraction of sp³-hybridized carbons (Fsp3) is 0.680. The number of carbonyl (C=O) groups excluding carboxylic acids is 1. The van der Waals surface area contributed by atoms with Gasteiger partial charge in [0.25, 0.3) is 0 Å². The zero-order valence-corrected chi connectivity index (χ0v) is 18.3. The van der Waals surface area contributed by atoms with E-state index in [0.717, 1.165) is 24.1 Å². The molecule has 0 spiro atoms. The molecule has 2 saturated carbocycles. The number of aromatic nitrogens is 1. The van der Waals surface area contributed by atoms with Gasteiger partial charge in [-0.2, -0.15) is 0 Å². The van der Waals surface area contributed by atoms with Crippen molar-refractivity contribution < 1.29 is 9.53 Å². The third-order valence-corrected chi connectivity index (χ3v) is 9.33. The molecular weight excluding hydrogens is 360 g/mol. The lowest BCUT2D eigenvalue weighted by Crippen LogP contribution is -2.54. The first kappa shape index (κ1) is 19.1. The van der Waals surface area contributed by atoms with Crippen LogP contribution < -0.4 is 4.74 Å². The fourth-order valence-corrected chi connectivity index (χ4v) is 7.89. The molecule has 5 rings (SSSR count). The highest BCUT2D eigenvalue weighted by atomic mass is 16.5. The Morgan fingerprint density at radius 1 is 1.17 bits per heavy atom. The molecule has 3 fully saturated rings. The predicted octanol–water partition coefficient (Wildman–Crippen LogP) is 4.95. The third-order valence-electron chi connectivity index (χ3n) is 9.33. The van der Waals surface area contributed by atoms with Crippen molar-refractivity contribution >= 4 is 11.5 Å². The second-order valence-corrected chi connectivity index (χ2v) is 10.4. The van der Waals surface area contributed by atoms with Gasteiger partial charge in [-0.05, 0) is 84.3 Å². The van der Waals surface area contributed by atoms with Gasteiger partial charge in [0.1, 0.15) is 5.75 Å². The lowest BCUT2D eigenvalue weighted by molar-refractivity contribution is -0.134. The number of ether oxygens (including phenoxy) is 1. The Hall–Kier alpha value is -1.84. The Labute approximate surface area is 174 Å². The summed E-state index contributed by atoms with van der Waals surface area (Å²) in [7, 11) is 1.71. The van der Waals surface area contributed by atoms with Gasteiger partial charge in [0.2, 0.25) is 5.91 Å². The van der Waals surface area contributed by atoms with Crippen LogP contribution in [0.3, 0.4) is 0 Å². The molecule has 0 N–H and O–H groups in total. The number of amides is 1. The number of rotatable bonds is 2. The highest BCUT2D eigenvalue weighted by Crippen LogP contribution is 2.66. The molecular formula is C25H34N2O2. The van der Waals surface area contributed by atoms with Gasteiger partial charge in [0.15, 0.2) is 0 Å². The molecule has 4 nitrogen and oxygen atoms in total. The number of likely N-dealkylation sites (tertiary alicyclic amines) is 1. The van der Waals surface area contributed by atoms with E-state index < -0.39 is 0 Å². The van der Waals surface area contributed by atoms with E-state index >= 15 is 0 Å². The van der Waals surface area contributed by atoms with Gasteiger partial charge in [-0.1, -0.05) is 19.9 Å². The number of allylic oxidation sites excluding steroid dienone is 2. The average Bonchev–Trinajstić information content (AvgIpc) is 3.25. The molecule has 2 heterocycles. The molecule has 1 aliphatic heterocycles. The minimum atomic E-state index is 0.233. The Kier molecular flexibility index (Phi) is 4.34. The maximum atomic E-state index is 12.2. The van der Waals surface area contributed by atoms with Crippen molar-refractivity contribution in [3.63, 3.8) is 0 Å². The van der Waals surface area contributed by atoms with Crippen molar-refractivity contribution in [3.05, 3.63) is 30.1 Å². The van der Waals surface area contributed by atoms with Crippen molar-refractivity contribution in [3.8, 4) is 5.75 Å². The van der Waals surface area contributed by atoms with E-state index in [0.29, 0.717) is 17.4 Å². The van der Waals surface area contributed by atoms with Crippen molar-refractivity contribution in [1.82, 2.24) is 9.88 Å². The maximum absolute atomic E-state index is 12.2. The maximum Gasteiger partial charge on any atom is 0.219 e. The van der Waals surface area contributed by atoms with Crippen molar-refractivity contribution in [2.45, 2.75) is 65.3 Å². The summed E-state index contributed by atoms with van der Waals surface area (Å²) in [6, 6.07) is 2.61. The van der Waals surface area contributed by atoms with Crippen LogP contribution in [0.1, 0.15) is 64.9 Å². The van der Waals surface area contributed by atoms with Gasteiger partial charge in [0.05, 0.1) is 13.3 Å². The SMILES string of the molecule is COc1cncc(C2=CCC3C4CCC5N(C(C)=O)CCC5(C)C4CCC23C)c1. The number of hydrogen-bond donors (Lipinski definition) is 0. The van der Waals surface area contributed by atoms with Crippen molar-refractivity contribution in [2.75, 3.05) is 13.7 Å². The Balaban J connectivity index is 1.43. The van der Waals surface area contributed by atoms with Crippen LogP contribution in [-0.4, -0.2) is 35.5 Å². The number of pyridine rings is 1. The van der Waals surface area contributed by atoms with Crippen LogP contribution in [0.25, 0.3) is 5.57 Å². The number of hydrogen-bond acceptors (Lipinski definition) is 3. The molecule has 1 saturated heterocycles. The molecule has 4 heteroatoms. The van der Waals surface area contributed by atoms with E-state index in [-0.39, 0.29) is 11.3 Å². The van der Waals surface area contributed by atoms with Crippen LogP contribution in [0.15, 0.2) is 24.5 Å². The normalized spacial score (nSPS) is 40.7. The van der Waals surface area contributed by atoms with Crippen molar-refractivity contribution in [2.24, 2.45) is 28.6 Å². The summed E-state index contributed by atoms with van der Waals surface area (Å²) in [5.41, 5.74) is 3.25. The molecule has 3 aliphatic carbocycles. The highest BCUT2D eigenvalue weighted by Gasteiger charge is 2.60. The van der Waals surface area contributed by atoms with Crippen molar-refractivity contribution in [1.29, 1.82) is 0 Å². The Bertz CT molecular complexity index is 864. The predicted molar refractivity (Wildman–Crippen MR) is 114 cm³/mol.